The number of hydrogen-bond acceptors (Lipinski definition) is 3. The van der Waals surface area contributed by atoms with E-state index in [1.807, 2.05) is 42.3 Å². The summed E-state index contributed by atoms with van der Waals surface area (Å²) in [6.07, 6.45) is 2.97. The van der Waals surface area contributed by atoms with E-state index in [0.29, 0.717) is 6.54 Å². The molecule has 4 heteroatoms. The minimum absolute atomic E-state index is 0.135. The normalized spacial score (nSPS) is 17.2. The monoisotopic (exact) mass is 338 g/mol. The number of likely N-dealkylation sites (tertiary alicyclic amines) is 1. The molecule has 25 heavy (non-hydrogen) atoms. The Hall–Kier alpha value is -2.33. The van der Waals surface area contributed by atoms with Crippen LogP contribution in [0.2, 0.25) is 0 Å². The second kappa shape index (κ2) is 8.17. The van der Waals surface area contributed by atoms with E-state index in [1.54, 1.807) is 12.1 Å². The van der Waals surface area contributed by atoms with Gasteiger partial charge in [0, 0.05) is 13.1 Å². The first-order chi connectivity index (χ1) is 12.1. The number of rotatable bonds is 6. The lowest BCUT2D eigenvalue weighted by atomic mass is 10.0. The van der Waals surface area contributed by atoms with E-state index in [-0.39, 0.29) is 17.7 Å². The van der Waals surface area contributed by atoms with Crippen molar-refractivity contribution < 1.29 is 9.90 Å². The molecule has 4 nitrogen and oxygen atoms in total. The summed E-state index contributed by atoms with van der Waals surface area (Å²) in [5.41, 5.74) is 2.40. The van der Waals surface area contributed by atoms with E-state index < -0.39 is 0 Å². The molecular formula is C21H26N2O2. The molecule has 1 atom stereocenters. The van der Waals surface area contributed by atoms with Crippen LogP contribution in [-0.4, -0.2) is 47.5 Å². The number of amides is 1. The highest BCUT2D eigenvalue weighted by Gasteiger charge is 2.30. The van der Waals surface area contributed by atoms with Crippen LogP contribution >= 0.6 is 0 Å². The van der Waals surface area contributed by atoms with Crippen molar-refractivity contribution in [2.45, 2.75) is 25.3 Å². The number of aromatic hydroxyl groups is 1. The summed E-state index contributed by atoms with van der Waals surface area (Å²) in [7, 11) is 2.01. The van der Waals surface area contributed by atoms with Crippen LogP contribution in [0.1, 0.15) is 30.0 Å². The highest BCUT2D eigenvalue weighted by molar-refractivity contribution is 5.79. The van der Waals surface area contributed by atoms with Gasteiger partial charge in [0.2, 0.25) is 5.91 Å². The molecular weight excluding hydrogens is 312 g/mol. The molecule has 0 aliphatic carbocycles. The van der Waals surface area contributed by atoms with Gasteiger partial charge in [-0.1, -0.05) is 42.5 Å². The first-order valence-corrected chi connectivity index (χ1v) is 8.94. The Balaban J connectivity index is 1.55. The van der Waals surface area contributed by atoms with Gasteiger partial charge >= 0.3 is 0 Å². The van der Waals surface area contributed by atoms with Gasteiger partial charge in [0.25, 0.3) is 0 Å². The lowest BCUT2D eigenvalue weighted by Crippen LogP contribution is -2.39. The maximum atomic E-state index is 12.8. The van der Waals surface area contributed by atoms with Gasteiger partial charge in [0.1, 0.15) is 5.75 Å². The summed E-state index contributed by atoms with van der Waals surface area (Å²) >= 11 is 0. The largest absolute Gasteiger partial charge is 0.508 e. The Morgan fingerprint density at radius 1 is 1.16 bits per heavy atom. The van der Waals surface area contributed by atoms with Crippen LogP contribution in [0.5, 0.6) is 5.75 Å². The molecule has 1 saturated heterocycles. The summed E-state index contributed by atoms with van der Waals surface area (Å²) in [5.74, 6) is 0.450. The fourth-order valence-corrected chi connectivity index (χ4v) is 3.47. The van der Waals surface area contributed by atoms with E-state index in [2.05, 4.69) is 17.0 Å². The SMILES string of the molecule is CN(CCc1ccccc1)CC(=O)N1CCCC1c1ccc(O)cc1. The smallest absolute Gasteiger partial charge is 0.237 e. The number of likely N-dealkylation sites (N-methyl/N-ethyl adjacent to an activating group) is 1. The zero-order chi connectivity index (χ0) is 17.6. The summed E-state index contributed by atoms with van der Waals surface area (Å²) in [5, 5.41) is 9.46. The van der Waals surface area contributed by atoms with E-state index in [0.717, 1.165) is 37.9 Å². The van der Waals surface area contributed by atoms with Gasteiger partial charge in [-0.15, -0.1) is 0 Å². The summed E-state index contributed by atoms with van der Waals surface area (Å²) in [6.45, 7) is 2.13. The maximum Gasteiger partial charge on any atom is 0.237 e. The molecule has 0 radical (unpaired) electrons. The highest BCUT2D eigenvalue weighted by atomic mass is 16.3. The van der Waals surface area contributed by atoms with Crippen LogP contribution in [-0.2, 0) is 11.2 Å². The molecule has 1 heterocycles. The number of carbonyl (C=O) groups is 1. The molecule has 1 aliphatic heterocycles. The molecule has 3 rings (SSSR count). The fraction of sp³-hybridized carbons (Fsp3) is 0.381. The van der Waals surface area contributed by atoms with Crippen molar-refractivity contribution in [1.82, 2.24) is 9.80 Å². The lowest BCUT2D eigenvalue weighted by Gasteiger charge is -2.27. The molecule has 1 unspecified atom stereocenters. The number of benzene rings is 2. The van der Waals surface area contributed by atoms with Crippen molar-refractivity contribution in [3.05, 3.63) is 65.7 Å². The van der Waals surface area contributed by atoms with Crippen molar-refractivity contribution in [2.75, 3.05) is 26.7 Å². The van der Waals surface area contributed by atoms with Crippen molar-refractivity contribution >= 4 is 5.91 Å². The summed E-state index contributed by atoms with van der Waals surface area (Å²) in [6, 6.07) is 17.7. The predicted octanol–water partition coefficient (Wildman–Crippen LogP) is 3.23. The maximum absolute atomic E-state index is 12.8. The lowest BCUT2D eigenvalue weighted by molar-refractivity contribution is -0.133. The van der Waals surface area contributed by atoms with Crippen LogP contribution in [0, 0.1) is 0 Å². The van der Waals surface area contributed by atoms with E-state index in [9.17, 15) is 9.90 Å². The molecule has 0 aromatic heterocycles. The molecule has 0 bridgehead atoms. The standard InChI is InChI=1S/C21H26N2O2/c1-22(15-13-17-6-3-2-4-7-17)16-21(25)23-14-5-8-20(23)18-9-11-19(24)12-10-18/h2-4,6-7,9-12,20,24H,5,8,13-16H2,1H3. The highest BCUT2D eigenvalue weighted by Crippen LogP contribution is 2.32. The van der Waals surface area contributed by atoms with Crippen LogP contribution in [0.4, 0.5) is 0 Å². The van der Waals surface area contributed by atoms with Gasteiger partial charge in [0.15, 0.2) is 0 Å². The minimum Gasteiger partial charge on any atom is -0.508 e. The van der Waals surface area contributed by atoms with Crippen molar-refractivity contribution in [3.8, 4) is 5.75 Å². The number of nitrogens with zero attached hydrogens (tertiary/aromatic N) is 2. The average molecular weight is 338 g/mol. The Morgan fingerprint density at radius 2 is 1.88 bits per heavy atom. The average Bonchev–Trinajstić information content (AvgIpc) is 3.11. The predicted molar refractivity (Wildman–Crippen MR) is 99.4 cm³/mol. The van der Waals surface area contributed by atoms with Crippen LogP contribution in [0.25, 0.3) is 0 Å². The summed E-state index contributed by atoms with van der Waals surface area (Å²) < 4.78 is 0. The van der Waals surface area contributed by atoms with Crippen molar-refractivity contribution in [3.63, 3.8) is 0 Å². The molecule has 132 valence electrons. The molecule has 1 amide bonds. The zero-order valence-electron chi connectivity index (χ0n) is 14.8. The number of phenolic OH excluding ortho intramolecular Hbond substituents is 1. The molecule has 1 aliphatic rings. The van der Waals surface area contributed by atoms with Gasteiger partial charge < -0.3 is 10.0 Å². The van der Waals surface area contributed by atoms with Gasteiger partial charge in [0.05, 0.1) is 12.6 Å². The van der Waals surface area contributed by atoms with Crippen molar-refractivity contribution in [2.24, 2.45) is 0 Å². The second-order valence-corrected chi connectivity index (χ2v) is 6.81. The fourth-order valence-electron chi connectivity index (χ4n) is 3.47. The topological polar surface area (TPSA) is 43.8 Å². The molecule has 1 fully saturated rings. The molecule has 0 saturated carbocycles. The van der Waals surface area contributed by atoms with Gasteiger partial charge in [-0.05, 0) is 49.6 Å². The molecule has 1 N–H and O–H groups in total. The Labute approximate surface area is 149 Å². The molecule has 2 aromatic rings. The first-order valence-electron chi connectivity index (χ1n) is 8.94. The number of phenols is 1. The number of hydrogen-bond donors (Lipinski definition) is 1. The van der Waals surface area contributed by atoms with Gasteiger partial charge in [-0.25, -0.2) is 0 Å². The zero-order valence-corrected chi connectivity index (χ0v) is 14.8. The Kier molecular flexibility index (Phi) is 5.71. The van der Waals surface area contributed by atoms with E-state index >= 15 is 0 Å². The minimum atomic E-state index is 0.135. The first kappa shape index (κ1) is 17.5. The third kappa shape index (κ3) is 4.60. The number of carbonyl (C=O) groups excluding carboxylic acids is 1. The second-order valence-electron chi connectivity index (χ2n) is 6.81. The molecule has 0 spiro atoms. The van der Waals surface area contributed by atoms with Crippen LogP contribution < -0.4 is 0 Å². The van der Waals surface area contributed by atoms with Crippen LogP contribution in [0.15, 0.2) is 54.6 Å². The van der Waals surface area contributed by atoms with Gasteiger partial charge in [-0.3, -0.25) is 9.69 Å². The third-order valence-corrected chi connectivity index (χ3v) is 4.88. The Morgan fingerprint density at radius 3 is 2.60 bits per heavy atom. The van der Waals surface area contributed by atoms with E-state index in [1.165, 1.54) is 5.56 Å². The quantitative estimate of drug-likeness (QED) is 0.879. The Bertz CT molecular complexity index is 685. The summed E-state index contributed by atoms with van der Waals surface area (Å²) in [4.78, 5) is 16.8. The van der Waals surface area contributed by atoms with Gasteiger partial charge in [-0.2, -0.15) is 0 Å². The van der Waals surface area contributed by atoms with Crippen molar-refractivity contribution in [1.29, 1.82) is 0 Å². The van der Waals surface area contributed by atoms with E-state index in [4.69, 9.17) is 0 Å². The molecule has 2 aromatic carbocycles. The van der Waals surface area contributed by atoms with Crippen LogP contribution in [0.3, 0.4) is 0 Å². The third-order valence-electron chi connectivity index (χ3n) is 4.88.